The summed E-state index contributed by atoms with van der Waals surface area (Å²) in [6, 6.07) is 10.4. The summed E-state index contributed by atoms with van der Waals surface area (Å²) >= 11 is 5.91. The molecule has 32 heavy (non-hydrogen) atoms. The van der Waals surface area contributed by atoms with Crippen LogP contribution in [0, 0.1) is 29.0 Å². The number of nitrogens with one attached hydrogen (secondary N) is 1. The van der Waals surface area contributed by atoms with Crippen LogP contribution < -0.4 is 5.32 Å². The monoisotopic (exact) mass is 449 g/mol. The fourth-order valence-electron chi connectivity index (χ4n) is 6.46. The number of pyridine rings is 2. The molecule has 2 aromatic heterocycles. The number of hydrogen-bond acceptors (Lipinski definition) is 3. The molecule has 0 aliphatic heterocycles. The van der Waals surface area contributed by atoms with Crippen molar-refractivity contribution in [2.45, 2.75) is 44.4 Å². The van der Waals surface area contributed by atoms with Crippen LogP contribution in [0.2, 0.25) is 5.02 Å². The largest absolute Gasteiger partial charge is 0.310 e. The molecule has 0 radical (unpaired) electrons. The molecule has 0 saturated heterocycles. The summed E-state index contributed by atoms with van der Waals surface area (Å²) in [6.45, 7) is 0. The van der Waals surface area contributed by atoms with E-state index in [2.05, 4.69) is 21.4 Å². The Kier molecular flexibility index (Phi) is 4.72. The zero-order chi connectivity index (χ0) is 21.9. The summed E-state index contributed by atoms with van der Waals surface area (Å²) in [5, 5.41) is 4.53. The molecule has 3 fully saturated rings. The molecule has 3 aromatic rings. The summed E-state index contributed by atoms with van der Waals surface area (Å²) < 4.78 is 13.9. The second kappa shape index (κ2) is 7.51. The number of aromatic nitrogens is 2. The third-order valence-electron chi connectivity index (χ3n) is 8.18. The van der Waals surface area contributed by atoms with Crippen molar-refractivity contribution in [3.63, 3.8) is 0 Å². The number of nitrogens with zero attached hydrogens (tertiary/aromatic N) is 2. The summed E-state index contributed by atoms with van der Waals surface area (Å²) in [6.07, 6.45) is 9.80. The lowest BCUT2D eigenvalue weighted by Gasteiger charge is -2.24. The highest BCUT2D eigenvalue weighted by molar-refractivity contribution is 6.30. The van der Waals surface area contributed by atoms with Gasteiger partial charge in [0.2, 0.25) is 5.91 Å². The summed E-state index contributed by atoms with van der Waals surface area (Å²) in [4.78, 5) is 21.8. The molecule has 1 amide bonds. The number of rotatable bonds is 4. The number of carbonyl (C=O) groups excluding carboxylic acids is 1. The van der Waals surface area contributed by atoms with Gasteiger partial charge in [-0.05, 0) is 104 Å². The Morgan fingerprint density at radius 3 is 2.50 bits per heavy atom. The van der Waals surface area contributed by atoms with Gasteiger partial charge >= 0.3 is 0 Å². The number of anilines is 1. The van der Waals surface area contributed by atoms with Gasteiger partial charge in [0.25, 0.3) is 0 Å². The molecule has 3 unspecified atom stereocenters. The van der Waals surface area contributed by atoms with E-state index in [9.17, 15) is 9.18 Å². The van der Waals surface area contributed by atoms with Crippen LogP contribution in [0.25, 0.3) is 10.9 Å². The minimum Gasteiger partial charge on any atom is -0.310 e. The number of amides is 1. The summed E-state index contributed by atoms with van der Waals surface area (Å²) in [5.41, 5.74) is 1.87. The highest BCUT2D eigenvalue weighted by Crippen LogP contribution is 2.63. The number of halogens is 2. The van der Waals surface area contributed by atoms with Crippen molar-refractivity contribution in [2.24, 2.45) is 23.2 Å². The van der Waals surface area contributed by atoms with Crippen molar-refractivity contribution in [1.29, 1.82) is 0 Å². The Balaban J connectivity index is 1.16. The van der Waals surface area contributed by atoms with Gasteiger partial charge in [0.15, 0.2) is 0 Å². The lowest BCUT2D eigenvalue weighted by molar-refractivity contribution is -0.123. The van der Waals surface area contributed by atoms with Crippen molar-refractivity contribution in [3.05, 3.63) is 65.2 Å². The molecular weight excluding hydrogens is 425 g/mol. The van der Waals surface area contributed by atoms with E-state index < -0.39 is 0 Å². The van der Waals surface area contributed by atoms with Gasteiger partial charge in [-0.2, -0.15) is 0 Å². The summed E-state index contributed by atoms with van der Waals surface area (Å²) in [7, 11) is 0. The number of benzene rings is 1. The van der Waals surface area contributed by atoms with E-state index >= 15 is 0 Å². The fourth-order valence-corrected chi connectivity index (χ4v) is 6.58. The molecule has 6 rings (SSSR count). The second-order valence-electron chi connectivity index (χ2n) is 9.89. The molecule has 1 N–H and O–H groups in total. The maximum Gasteiger partial charge on any atom is 0.232 e. The van der Waals surface area contributed by atoms with Crippen molar-refractivity contribution >= 4 is 34.2 Å². The van der Waals surface area contributed by atoms with E-state index in [1.165, 1.54) is 11.6 Å². The zero-order valence-electron chi connectivity index (χ0n) is 17.7. The lowest BCUT2D eigenvalue weighted by atomic mass is 9.83. The molecule has 3 aliphatic rings. The normalized spacial score (nSPS) is 27.9. The molecular formula is C26H25ClFN3O. The van der Waals surface area contributed by atoms with E-state index in [-0.39, 0.29) is 17.1 Å². The first-order chi connectivity index (χ1) is 15.5. The lowest BCUT2D eigenvalue weighted by Crippen LogP contribution is -2.30. The fraction of sp³-hybridized carbons (Fsp3) is 0.423. The van der Waals surface area contributed by atoms with Crippen LogP contribution in [0.15, 0.2) is 48.8 Å². The average molecular weight is 450 g/mol. The van der Waals surface area contributed by atoms with E-state index in [4.69, 9.17) is 11.6 Å². The predicted octanol–water partition coefficient (Wildman–Crippen LogP) is 6.36. The third kappa shape index (κ3) is 3.38. The molecule has 6 heteroatoms. The van der Waals surface area contributed by atoms with E-state index in [0.29, 0.717) is 34.5 Å². The van der Waals surface area contributed by atoms with Crippen LogP contribution >= 0.6 is 11.6 Å². The van der Waals surface area contributed by atoms with Crippen LogP contribution in [0.5, 0.6) is 0 Å². The van der Waals surface area contributed by atoms with E-state index in [1.807, 2.05) is 6.20 Å². The smallest absolute Gasteiger partial charge is 0.232 e. The van der Waals surface area contributed by atoms with Crippen molar-refractivity contribution < 1.29 is 9.18 Å². The maximum absolute atomic E-state index is 13.9. The molecule has 1 aromatic carbocycles. The van der Waals surface area contributed by atoms with Crippen LogP contribution in [0.3, 0.4) is 0 Å². The van der Waals surface area contributed by atoms with Gasteiger partial charge in [-0.25, -0.2) is 9.37 Å². The maximum atomic E-state index is 13.9. The van der Waals surface area contributed by atoms with Crippen LogP contribution in [-0.2, 0) is 4.79 Å². The van der Waals surface area contributed by atoms with Crippen LogP contribution in [0.1, 0.15) is 50.0 Å². The van der Waals surface area contributed by atoms with Gasteiger partial charge in [0.05, 0.1) is 16.0 Å². The Hall–Kier alpha value is -2.53. The summed E-state index contributed by atoms with van der Waals surface area (Å²) in [5.74, 6) is 2.64. The van der Waals surface area contributed by atoms with Crippen molar-refractivity contribution in [2.75, 3.05) is 5.32 Å². The Morgan fingerprint density at radius 2 is 1.81 bits per heavy atom. The molecule has 0 spiro atoms. The van der Waals surface area contributed by atoms with E-state index in [0.717, 1.165) is 49.4 Å². The minimum absolute atomic E-state index is 0.115. The Bertz CT molecular complexity index is 1180. The average Bonchev–Trinajstić information content (AvgIpc) is 3.36. The first-order valence-corrected chi connectivity index (χ1v) is 11.9. The third-order valence-corrected chi connectivity index (χ3v) is 8.41. The molecule has 3 saturated carbocycles. The first-order valence-electron chi connectivity index (χ1n) is 11.5. The standard InChI is InChI=1S/C26H25ClFN3O/c27-19-1-4-24(30-14-19)31-25(32)26(6-7-26)18-11-15-9-17(10-16(15)12-18)21-5-8-29-23-3-2-20(28)13-22(21)23/h1-5,8,13-18H,6-7,9-12H2,(H,30,31,32)/t15-,16?,17?,18?/m1/s1. The van der Waals surface area contributed by atoms with Gasteiger partial charge in [-0.3, -0.25) is 9.78 Å². The topological polar surface area (TPSA) is 54.9 Å². The predicted molar refractivity (Wildman–Crippen MR) is 123 cm³/mol. The molecule has 4 nitrogen and oxygen atoms in total. The van der Waals surface area contributed by atoms with E-state index in [1.54, 1.807) is 30.5 Å². The zero-order valence-corrected chi connectivity index (χ0v) is 18.5. The van der Waals surface area contributed by atoms with Crippen molar-refractivity contribution in [1.82, 2.24) is 9.97 Å². The highest BCUT2D eigenvalue weighted by atomic mass is 35.5. The van der Waals surface area contributed by atoms with Gasteiger partial charge in [-0.1, -0.05) is 11.6 Å². The van der Waals surface area contributed by atoms with Gasteiger partial charge in [0, 0.05) is 17.8 Å². The van der Waals surface area contributed by atoms with Crippen LogP contribution in [0.4, 0.5) is 10.2 Å². The van der Waals surface area contributed by atoms with Gasteiger partial charge in [-0.15, -0.1) is 0 Å². The van der Waals surface area contributed by atoms with Gasteiger partial charge in [0.1, 0.15) is 11.6 Å². The SMILES string of the molecule is O=C(Nc1ccc(Cl)cn1)C1(C2CC3CC(c4ccnc5ccc(F)cc45)C[C@@H]3C2)CC1. The quantitative estimate of drug-likeness (QED) is 0.504. The molecule has 2 heterocycles. The van der Waals surface area contributed by atoms with Gasteiger partial charge < -0.3 is 5.32 Å². The molecule has 164 valence electrons. The second-order valence-corrected chi connectivity index (χ2v) is 10.3. The number of hydrogen-bond donors (Lipinski definition) is 1. The highest BCUT2D eigenvalue weighted by Gasteiger charge is 2.59. The van der Waals surface area contributed by atoms with Crippen molar-refractivity contribution in [3.8, 4) is 0 Å². The molecule has 4 atom stereocenters. The molecule has 3 aliphatic carbocycles. The van der Waals surface area contributed by atoms with Crippen LogP contribution in [-0.4, -0.2) is 15.9 Å². The number of fused-ring (bicyclic) bond motifs is 2. The minimum atomic E-state index is -0.229. The Morgan fingerprint density at radius 1 is 1.03 bits per heavy atom. The molecule has 0 bridgehead atoms. The first kappa shape index (κ1) is 20.1. The Labute approximate surface area is 191 Å². The number of carbonyl (C=O) groups is 1.